The summed E-state index contributed by atoms with van der Waals surface area (Å²) < 4.78 is 5.39. The summed E-state index contributed by atoms with van der Waals surface area (Å²) in [6.07, 6.45) is 4.63. The third-order valence-corrected chi connectivity index (χ3v) is 2.46. The summed E-state index contributed by atoms with van der Waals surface area (Å²) in [5.41, 5.74) is 0. The third kappa shape index (κ3) is 2.84. The van der Waals surface area contributed by atoms with Gasteiger partial charge in [-0.3, -0.25) is 4.79 Å². The summed E-state index contributed by atoms with van der Waals surface area (Å²) in [5, 5.41) is 0. The van der Waals surface area contributed by atoms with E-state index in [0.717, 1.165) is 25.9 Å². The molecule has 0 N–H and O–H groups in total. The maximum Gasteiger partial charge on any atom is 0.246 e. The minimum atomic E-state index is -0.0181. The van der Waals surface area contributed by atoms with Crippen molar-refractivity contribution in [2.75, 3.05) is 20.3 Å². The molecule has 0 unspecified atom stereocenters. The largest absolute Gasteiger partial charge is 0.379 e. The lowest BCUT2D eigenvalue weighted by Gasteiger charge is -2.25. The number of hydrogen-bond acceptors (Lipinski definition) is 2. The second-order valence-electron chi connectivity index (χ2n) is 3.38. The van der Waals surface area contributed by atoms with Crippen molar-refractivity contribution >= 4 is 5.91 Å². The smallest absolute Gasteiger partial charge is 0.246 e. The van der Waals surface area contributed by atoms with Crippen LogP contribution in [0, 0.1) is 0 Å². The standard InChI is InChI=1S/C10H17NO2/c1-3-10(12)11(2)9-6-4-5-7-13-8-9/h3,9H,1,4-8H2,2H3/t9-/m0/s1. The molecule has 0 radical (unpaired) electrons. The molecule has 3 heteroatoms. The Kier molecular flexibility index (Phi) is 3.96. The number of hydrogen-bond donors (Lipinski definition) is 0. The number of ether oxygens (including phenoxy) is 1. The lowest BCUT2D eigenvalue weighted by Crippen LogP contribution is -2.38. The van der Waals surface area contributed by atoms with E-state index in [-0.39, 0.29) is 11.9 Å². The van der Waals surface area contributed by atoms with Crippen LogP contribution in [0.2, 0.25) is 0 Å². The summed E-state index contributed by atoms with van der Waals surface area (Å²) >= 11 is 0. The van der Waals surface area contributed by atoms with Gasteiger partial charge in [-0.05, 0) is 25.3 Å². The molecule has 1 amide bonds. The van der Waals surface area contributed by atoms with Gasteiger partial charge in [-0.1, -0.05) is 6.58 Å². The molecule has 1 aliphatic rings. The Hall–Kier alpha value is -0.830. The zero-order chi connectivity index (χ0) is 9.68. The maximum atomic E-state index is 11.3. The molecular weight excluding hydrogens is 166 g/mol. The van der Waals surface area contributed by atoms with E-state index < -0.39 is 0 Å². The average molecular weight is 183 g/mol. The predicted molar refractivity (Wildman–Crippen MR) is 51.4 cm³/mol. The van der Waals surface area contributed by atoms with E-state index in [0.29, 0.717) is 6.61 Å². The molecule has 74 valence electrons. The van der Waals surface area contributed by atoms with Crippen molar-refractivity contribution in [2.45, 2.75) is 25.3 Å². The monoisotopic (exact) mass is 183 g/mol. The van der Waals surface area contributed by atoms with Crippen molar-refractivity contribution in [2.24, 2.45) is 0 Å². The summed E-state index contributed by atoms with van der Waals surface area (Å²) in [5.74, 6) is -0.0181. The molecule has 1 rings (SSSR count). The third-order valence-electron chi connectivity index (χ3n) is 2.46. The van der Waals surface area contributed by atoms with E-state index >= 15 is 0 Å². The van der Waals surface area contributed by atoms with Gasteiger partial charge in [-0.25, -0.2) is 0 Å². The van der Waals surface area contributed by atoms with Crippen LogP contribution in [0.1, 0.15) is 19.3 Å². The Bertz CT molecular complexity index is 183. The molecular formula is C10H17NO2. The highest BCUT2D eigenvalue weighted by molar-refractivity contribution is 5.87. The Morgan fingerprint density at radius 3 is 3.08 bits per heavy atom. The van der Waals surface area contributed by atoms with E-state index in [9.17, 15) is 4.79 Å². The lowest BCUT2D eigenvalue weighted by atomic mass is 10.1. The van der Waals surface area contributed by atoms with Gasteiger partial charge in [0.2, 0.25) is 5.91 Å². The average Bonchev–Trinajstić information content (AvgIpc) is 2.43. The topological polar surface area (TPSA) is 29.5 Å². The maximum absolute atomic E-state index is 11.3. The van der Waals surface area contributed by atoms with Crippen molar-refractivity contribution in [3.05, 3.63) is 12.7 Å². The van der Waals surface area contributed by atoms with E-state index in [1.165, 1.54) is 6.08 Å². The van der Waals surface area contributed by atoms with Crippen LogP contribution in [0.3, 0.4) is 0 Å². The molecule has 0 bridgehead atoms. The Morgan fingerprint density at radius 2 is 2.38 bits per heavy atom. The van der Waals surface area contributed by atoms with E-state index in [2.05, 4.69) is 6.58 Å². The molecule has 1 aliphatic heterocycles. The van der Waals surface area contributed by atoms with Gasteiger partial charge in [0.1, 0.15) is 0 Å². The summed E-state index contributed by atoms with van der Waals surface area (Å²) in [6.45, 7) is 4.96. The molecule has 13 heavy (non-hydrogen) atoms. The van der Waals surface area contributed by atoms with Gasteiger partial charge >= 0.3 is 0 Å². The van der Waals surface area contributed by atoms with Crippen LogP contribution in [-0.2, 0) is 9.53 Å². The molecule has 0 aromatic carbocycles. The molecule has 3 nitrogen and oxygen atoms in total. The number of likely N-dealkylation sites (N-methyl/N-ethyl adjacent to an activating group) is 1. The molecule has 1 fully saturated rings. The van der Waals surface area contributed by atoms with Crippen molar-refractivity contribution < 1.29 is 9.53 Å². The predicted octanol–water partition coefficient (Wildman–Crippen LogP) is 1.20. The number of carbonyl (C=O) groups is 1. The van der Waals surface area contributed by atoms with Crippen LogP contribution in [0.25, 0.3) is 0 Å². The van der Waals surface area contributed by atoms with Crippen LogP contribution >= 0.6 is 0 Å². The van der Waals surface area contributed by atoms with Gasteiger partial charge in [0.25, 0.3) is 0 Å². The first-order valence-corrected chi connectivity index (χ1v) is 4.72. The summed E-state index contributed by atoms with van der Waals surface area (Å²) in [6, 6.07) is 0.230. The minimum absolute atomic E-state index is 0.0181. The SMILES string of the molecule is C=CC(=O)N(C)[C@H]1CCCCOC1. The van der Waals surface area contributed by atoms with Gasteiger partial charge < -0.3 is 9.64 Å². The second-order valence-corrected chi connectivity index (χ2v) is 3.38. The first kappa shape index (κ1) is 10.3. The summed E-state index contributed by atoms with van der Waals surface area (Å²) in [4.78, 5) is 13.0. The molecule has 1 atom stereocenters. The van der Waals surface area contributed by atoms with Crippen molar-refractivity contribution in [1.29, 1.82) is 0 Å². The molecule has 1 heterocycles. The van der Waals surface area contributed by atoms with Gasteiger partial charge in [-0.15, -0.1) is 0 Å². The molecule has 0 aliphatic carbocycles. The second kappa shape index (κ2) is 5.02. The number of nitrogens with zero attached hydrogens (tertiary/aromatic N) is 1. The Labute approximate surface area is 79.4 Å². The van der Waals surface area contributed by atoms with Gasteiger partial charge in [0.05, 0.1) is 12.6 Å². The number of amides is 1. The van der Waals surface area contributed by atoms with Gasteiger partial charge in [0.15, 0.2) is 0 Å². The molecule has 0 aromatic heterocycles. The molecule has 0 aromatic rings. The number of rotatable bonds is 2. The fourth-order valence-electron chi connectivity index (χ4n) is 1.52. The molecule has 1 saturated heterocycles. The summed E-state index contributed by atoms with van der Waals surface area (Å²) in [7, 11) is 1.81. The van der Waals surface area contributed by atoms with Crippen LogP contribution in [-0.4, -0.2) is 37.1 Å². The normalized spacial score (nSPS) is 23.3. The first-order chi connectivity index (χ1) is 6.25. The van der Waals surface area contributed by atoms with E-state index in [1.807, 2.05) is 7.05 Å². The van der Waals surface area contributed by atoms with Crippen LogP contribution in [0.5, 0.6) is 0 Å². The Morgan fingerprint density at radius 1 is 1.62 bits per heavy atom. The fourth-order valence-corrected chi connectivity index (χ4v) is 1.52. The highest BCUT2D eigenvalue weighted by Gasteiger charge is 2.19. The quantitative estimate of drug-likeness (QED) is 0.602. The minimum Gasteiger partial charge on any atom is -0.379 e. The van der Waals surface area contributed by atoms with Gasteiger partial charge in [0, 0.05) is 13.7 Å². The first-order valence-electron chi connectivity index (χ1n) is 4.72. The van der Waals surface area contributed by atoms with E-state index in [4.69, 9.17) is 4.74 Å². The zero-order valence-corrected chi connectivity index (χ0v) is 8.16. The fraction of sp³-hybridized carbons (Fsp3) is 0.700. The van der Waals surface area contributed by atoms with Crippen molar-refractivity contribution in [3.63, 3.8) is 0 Å². The lowest BCUT2D eigenvalue weighted by molar-refractivity contribution is -0.127. The van der Waals surface area contributed by atoms with Crippen LogP contribution < -0.4 is 0 Å². The van der Waals surface area contributed by atoms with Crippen LogP contribution in [0.4, 0.5) is 0 Å². The van der Waals surface area contributed by atoms with Crippen LogP contribution in [0.15, 0.2) is 12.7 Å². The Balaban J connectivity index is 2.47. The zero-order valence-electron chi connectivity index (χ0n) is 8.16. The highest BCUT2D eigenvalue weighted by atomic mass is 16.5. The highest BCUT2D eigenvalue weighted by Crippen LogP contribution is 2.12. The van der Waals surface area contributed by atoms with Crippen molar-refractivity contribution in [1.82, 2.24) is 4.90 Å². The van der Waals surface area contributed by atoms with Crippen molar-refractivity contribution in [3.8, 4) is 0 Å². The van der Waals surface area contributed by atoms with Gasteiger partial charge in [-0.2, -0.15) is 0 Å². The number of carbonyl (C=O) groups excluding carboxylic acids is 1. The molecule has 0 saturated carbocycles. The molecule has 0 spiro atoms. The van der Waals surface area contributed by atoms with E-state index in [1.54, 1.807) is 4.90 Å².